The third-order valence-electron chi connectivity index (χ3n) is 6.00. The number of carbonyl (C=O) groups excluding carboxylic acids is 2. The van der Waals surface area contributed by atoms with Gasteiger partial charge in [0, 0.05) is 35.7 Å². The van der Waals surface area contributed by atoms with Gasteiger partial charge in [-0.15, -0.1) is 0 Å². The van der Waals surface area contributed by atoms with Crippen molar-refractivity contribution in [3.05, 3.63) is 75.6 Å². The Labute approximate surface area is 216 Å². The summed E-state index contributed by atoms with van der Waals surface area (Å²) in [6.45, 7) is 9.28. The fourth-order valence-electron chi connectivity index (χ4n) is 3.93. The third kappa shape index (κ3) is 6.44. The van der Waals surface area contributed by atoms with Crippen LogP contribution in [0.1, 0.15) is 49.2 Å². The molecule has 0 saturated carbocycles. The van der Waals surface area contributed by atoms with Crippen LogP contribution in [-0.4, -0.2) is 43.7 Å². The molecule has 2 aromatic carbocycles. The lowest BCUT2D eigenvalue weighted by Gasteiger charge is -2.22. The van der Waals surface area contributed by atoms with Gasteiger partial charge in [-0.25, -0.2) is 18.0 Å². The van der Waals surface area contributed by atoms with E-state index in [1.165, 1.54) is 34.6 Å². The number of fused-ring (bicyclic) bond motifs is 1. The Morgan fingerprint density at radius 3 is 2.41 bits per heavy atom. The molecule has 0 aliphatic rings. The highest BCUT2D eigenvalue weighted by atomic mass is 32.2. The number of carbonyl (C=O) groups is 2. The summed E-state index contributed by atoms with van der Waals surface area (Å²) in [4.78, 5) is 37.9. The van der Waals surface area contributed by atoms with Crippen molar-refractivity contribution in [3.63, 3.8) is 0 Å². The van der Waals surface area contributed by atoms with Crippen molar-refractivity contribution in [1.82, 2.24) is 9.62 Å². The van der Waals surface area contributed by atoms with Gasteiger partial charge in [-0.2, -0.15) is 4.31 Å². The Balaban J connectivity index is 1.78. The van der Waals surface area contributed by atoms with Crippen LogP contribution >= 0.6 is 0 Å². The number of esters is 1. The van der Waals surface area contributed by atoms with Gasteiger partial charge < -0.3 is 14.5 Å². The molecule has 0 spiro atoms. The van der Waals surface area contributed by atoms with Gasteiger partial charge >= 0.3 is 11.6 Å². The molecule has 0 unspecified atom stereocenters. The zero-order valence-corrected chi connectivity index (χ0v) is 22.4. The molecule has 1 amide bonds. The Bertz CT molecular complexity index is 1460. The molecule has 1 heterocycles. The average Bonchev–Trinajstić information content (AvgIpc) is 2.85. The standard InChI is InChI=1S/C27H32N2O7S/c1-6-29(7-2)37(33,34)21-10-8-9-19(14-21)26(31)28-25(17(3)4)27(32)35-16-20-15-24(30)36-23-13-18(5)11-12-22(20)23/h8-15,17,25H,6-7,16H2,1-5H3,(H,28,31)/t25-/m1/s1. The number of benzene rings is 2. The van der Waals surface area contributed by atoms with Crippen LogP contribution in [0.4, 0.5) is 0 Å². The Morgan fingerprint density at radius 2 is 1.76 bits per heavy atom. The first-order valence-corrected chi connectivity index (χ1v) is 13.5. The number of amides is 1. The third-order valence-corrected chi connectivity index (χ3v) is 8.05. The van der Waals surface area contributed by atoms with E-state index in [1.807, 2.05) is 13.0 Å². The number of hydrogen-bond acceptors (Lipinski definition) is 7. The number of sulfonamides is 1. The molecule has 0 aliphatic carbocycles. The topological polar surface area (TPSA) is 123 Å². The highest BCUT2D eigenvalue weighted by molar-refractivity contribution is 7.89. The summed E-state index contributed by atoms with van der Waals surface area (Å²) in [5.41, 5.74) is 1.35. The molecule has 1 aromatic heterocycles. The minimum atomic E-state index is -3.75. The van der Waals surface area contributed by atoms with Crippen LogP contribution in [0.15, 0.2) is 62.6 Å². The SMILES string of the molecule is CCN(CC)S(=O)(=O)c1cccc(C(=O)N[C@@H](C(=O)OCc2cc(=O)oc3cc(C)ccc23)C(C)C)c1. The molecule has 3 rings (SSSR count). The Morgan fingerprint density at radius 1 is 1.05 bits per heavy atom. The largest absolute Gasteiger partial charge is 0.459 e. The molecule has 0 radical (unpaired) electrons. The maximum atomic E-state index is 13.0. The number of aryl methyl sites for hydroxylation is 1. The number of rotatable bonds is 10. The average molecular weight is 529 g/mol. The van der Waals surface area contributed by atoms with E-state index in [0.29, 0.717) is 29.6 Å². The molecule has 1 atom stereocenters. The fraction of sp³-hybridized carbons (Fsp3) is 0.370. The zero-order valence-electron chi connectivity index (χ0n) is 21.6. The number of hydrogen-bond donors (Lipinski definition) is 1. The summed E-state index contributed by atoms with van der Waals surface area (Å²) in [6.07, 6.45) is 0. The molecule has 37 heavy (non-hydrogen) atoms. The van der Waals surface area contributed by atoms with Crippen molar-refractivity contribution in [1.29, 1.82) is 0 Å². The summed E-state index contributed by atoms with van der Waals surface area (Å²) < 4.78 is 37.7. The van der Waals surface area contributed by atoms with Crippen molar-refractivity contribution in [2.24, 2.45) is 5.92 Å². The molecule has 198 valence electrons. The van der Waals surface area contributed by atoms with Crippen molar-refractivity contribution in [3.8, 4) is 0 Å². The van der Waals surface area contributed by atoms with E-state index < -0.39 is 33.6 Å². The second-order valence-corrected chi connectivity index (χ2v) is 10.9. The summed E-state index contributed by atoms with van der Waals surface area (Å²) >= 11 is 0. The van der Waals surface area contributed by atoms with E-state index in [-0.39, 0.29) is 23.0 Å². The number of nitrogens with one attached hydrogen (secondary N) is 1. The van der Waals surface area contributed by atoms with E-state index in [0.717, 1.165) is 5.56 Å². The molecular formula is C27H32N2O7S. The molecular weight excluding hydrogens is 496 g/mol. The van der Waals surface area contributed by atoms with Gasteiger partial charge in [0.15, 0.2) is 0 Å². The van der Waals surface area contributed by atoms with Crippen LogP contribution in [0.2, 0.25) is 0 Å². The molecule has 0 fully saturated rings. The van der Waals surface area contributed by atoms with Gasteiger partial charge in [0.1, 0.15) is 18.2 Å². The molecule has 0 bridgehead atoms. The van der Waals surface area contributed by atoms with Gasteiger partial charge in [0.25, 0.3) is 5.91 Å². The van der Waals surface area contributed by atoms with E-state index >= 15 is 0 Å². The first-order chi connectivity index (χ1) is 17.5. The molecule has 3 aromatic rings. The highest BCUT2D eigenvalue weighted by Gasteiger charge is 2.28. The summed E-state index contributed by atoms with van der Waals surface area (Å²) in [6, 6.07) is 11.4. The molecule has 1 N–H and O–H groups in total. The first-order valence-electron chi connectivity index (χ1n) is 12.1. The second kappa shape index (κ2) is 11.7. The molecule has 10 heteroatoms. The van der Waals surface area contributed by atoms with Crippen LogP contribution in [-0.2, 0) is 26.2 Å². The van der Waals surface area contributed by atoms with Crippen LogP contribution < -0.4 is 10.9 Å². The van der Waals surface area contributed by atoms with E-state index in [2.05, 4.69) is 5.32 Å². The molecule has 9 nitrogen and oxygen atoms in total. The highest BCUT2D eigenvalue weighted by Crippen LogP contribution is 2.20. The maximum Gasteiger partial charge on any atom is 0.336 e. The molecule has 0 aliphatic heterocycles. The van der Waals surface area contributed by atoms with Gasteiger partial charge in [0.2, 0.25) is 10.0 Å². The van der Waals surface area contributed by atoms with Crippen molar-refractivity contribution >= 4 is 32.9 Å². The Kier molecular flexibility index (Phi) is 8.88. The van der Waals surface area contributed by atoms with Gasteiger partial charge in [-0.1, -0.05) is 45.9 Å². The number of ether oxygens (including phenoxy) is 1. The zero-order chi connectivity index (χ0) is 27.3. The lowest BCUT2D eigenvalue weighted by molar-refractivity contribution is -0.148. The van der Waals surface area contributed by atoms with Gasteiger partial charge in [0.05, 0.1) is 4.90 Å². The maximum absolute atomic E-state index is 13.0. The van der Waals surface area contributed by atoms with Crippen molar-refractivity contribution < 1.29 is 27.2 Å². The number of nitrogens with zero attached hydrogens (tertiary/aromatic N) is 1. The van der Waals surface area contributed by atoms with Crippen LogP contribution in [0.25, 0.3) is 11.0 Å². The first kappa shape index (κ1) is 28.1. The van der Waals surface area contributed by atoms with Crippen LogP contribution in [0.3, 0.4) is 0 Å². The smallest absolute Gasteiger partial charge is 0.336 e. The fourth-order valence-corrected chi connectivity index (χ4v) is 5.43. The van der Waals surface area contributed by atoms with E-state index in [4.69, 9.17) is 9.15 Å². The minimum Gasteiger partial charge on any atom is -0.459 e. The summed E-state index contributed by atoms with van der Waals surface area (Å²) in [5.74, 6) is -1.60. The summed E-state index contributed by atoms with van der Waals surface area (Å²) in [7, 11) is -3.75. The summed E-state index contributed by atoms with van der Waals surface area (Å²) in [5, 5.41) is 3.31. The van der Waals surface area contributed by atoms with Crippen LogP contribution in [0.5, 0.6) is 0 Å². The quantitative estimate of drug-likeness (QED) is 0.315. The van der Waals surface area contributed by atoms with Gasteiger partial charge in [-0.3, -0.25) is 4.79 Å². The van der Waals surface area contributed by atoms with E-state index in [9.17, 15) is 22.8 Å². The lowest BCUT2D eigenvalue weighted by Crippen LogP contribution is -2.45. The van der Waals surface area contributed by atoms with Gasteiger partial charge in [-0.05, 0) is 42.7 Å². The van der Waals surface area contributed by atoms with Crippen molar-refractivity contribution in [2.75, 3.05) is 13.1 Å². The van der Waals surface area contributed by atoms with Crippen LogP contribution in [0, 0.1) is 12.8 Å². The Hall–Kier alpha value is -3.50. The van der Waals surface area contributed by atoms with E-state index in [1.54, 1.807) is 39.8 Å². The minimum absolute atomic E-state index is 0.00227. The lowest BCUT2D eigenvalue weighted by atomic mass is 10.0. The van der Waals surface area contributed by atoms with Crippen molar-refractivity contribution in [2.45, 2.75) is 52.2 Å². The molecule has 0 saturated heterocycles. The second-order valence-electron chi connectivity index (χ2n) is 9.01. The predicted molar refractivity (Wildman–Crippen MR) is 140 cm³/mol. The monoisotopic (exact) mass is 528 g/mol. The normalized spacial score (nSPS) is 12.6. The predicted octanol–water partition coefficient (Wildman–Crippen LogP) is 3.63.